The molecule has 5 nitrogen and oxygen atoms in total. The van der Waals surface area contributed by atoms with Gasteiger partial charge in [-0.1, -0.05) is 17.7 Å². The zero-order chi connectivity index (χ0) is 18.4. The first-order valence-corrected chi connectivity index (χ1v) is 8.66. The molecule has 0 aliphatic carbocycles. The number of carbonyl (C=O) groups excluding carboxylic acids is 2. The minimum Gasteiger partial charge on any atom is -0.488 e. The Morgan fingerprint density at radius 2 is 2.00 bits per heavy atom. The third kappa shape index (κ3) is 5.10. The van der Waals surface area contributed by atoms with E-state index in [2.05, 4.69) is 0 Å². The Morgan fingerprint density at radius 3 is 2.68 bits per heavy atom. The first kappa shape index (κ1) is 19.1. The van der Waals surface area contributed by atoms with Gasteiger partial charge in [-0.05, 0) is 43.7 Å². The van der Waals surface area contributed by atoms with Gasteiger partial charge < -0.3 is 14.5 Å². The lowest BCUT2D eigenvalue weighted by atomic mass is 10.1. The number of carbonyl (C=O) groups is 2. The number of hydrogen-bond acceptors (Lipinski definition) is 3. The van der Waals surface area contributed by atoms with Gasteiger partial charge in [0.25, 0.3) is 0 Å². The molecule has 1 aliphatic rings. The van der Waals surface area contributed by atoms with Gasteiger partial charge in [-0.25, -0.2) is 0 Å². The van der Waals surface area contributed by atoms with Gasteiger partial charge in [-0.3, -0.25) is 9.59 Å². The summed E-state index contributed by atoms with van der Waals surface area (Å²) >= 11 is 5.99. The first-order chi connectivity index (χ1) is 11.9. The smallest absolute Gasteiger partial charge is 0.246 e. The summed E-state index contributed by atoms with van der Waals surface area (Å²) in [6.45, 7) is 5.57. The second-order valence-corrected chi connectivity index (χ2v) is 6.22. The van der Waals surface area contributed by atoms with Crippen molar-refractivity contribution in [3.63, 3.8) is 0 Å². The van der Waals surface area contributed by atoms with Crippen molar-refractivity contribution >= 4 is 29.5 Å². The topological polar surface area (TPSA) is 49.9 Å². The Morgan fingerprint density at radius 1 is 1.28 bits per heavy atom. The fourth-order valence-corrected chi connectivity index (χ4v) is 2.71. The standard InChI is InChI=1S/C19H23ClN2O3/c1-4-22(5-2)19(24)12-21(3)18(23)9-6-14-10-15-11-16(20)7-8-17(15)25-13-14/h6-11H,4-5,12-13H2,1-3H3. The van der Waals surface area contributed by atoms with E-state index in [1.165, 1.54) is 11.0 Å². The highest BCUT2D eigenvalue weighted by atomic mass is 35.5. The second-order valence-electron chi connectivity index (χ2n) is 5.78. The monoisotopic (exact) mass is 362 g/mol. The third-order valence-corrected chi connectivity index (χ3v) is 4.25. The molecule has 2 rings (SSSR count). The molecule has 0 spiro atoms. The lowest BCUT2D eigenvalue weighted by Crippen LogP contribution is -2.40. The van der Waals surface area contributed by atoms with Crippen LogP contribution >= 0.6 is 11.6 Å². The average Bonchev–Trinajstić information content (AvgIpc) is 2.60. The lowest BCUT2D eigenvalue weighted by Gasteiger charge is -2.22. The summed E-state index contributed by atoms with van der Waals surface area (Å²) < 4.78 is 5.65. The van der Waals surface area contributed by atoms with Crippen molar-refractivity contribution in [2.75, 3.05) is 33.3 Å². The molecule has 2 amide bonds. The highest BCUT2D eigenvalue weighted by Crippen LogP contribution is 2.29. The van der Waals surface area contributed by atoms with E-state index in [0.29, 0.717) is 24.7 Å². The molecule has 1 aromatic rings. The van der Waals surface area contributed by atoms with Crippen LogP contribution in [0.2, 0.25) is 5.02 Å². The minimum absolute atomic E-state index is 0.0574. The van der Waals surface area contributed by atoms with Crippen LogP contribution in [-0.2, 0) is 9.59 Å². The largest absolute Gasteiger partial charge is 0.488 e. The molecule has 25 heavy (non-hydrogen) atoms. The van der Waals surface area contributed by atoms with Crippen LogP contribution in [0.1, 0.15) is 19.4 Å². The number of fused-ring (bicyclic) bond motifs is 1. The number of rotatable bonds is 6. The highest BCUT2D eigenvalue weighted by Gasteiger charge is 2.15. The van der Waals surface area contributed by atoms with Crippen LogP contribution < -0.4 is 4.74 Å². The summed E-state index contributed by atoms with van der Waals surface area (Å²) in [5, 5.41) is 0.634. The van der Waals surface area contributed by atoms with Crippen molar-refractivity contribution in [1.29, 1.82) is 0 Å². The first-order valence-electron chi connectivity index (χ1n) is 8.28. The molecule has 134 valence electrons. The lowest BCUT2D eigenvalue weighted by molar-refractivity contribution is -0.136. The number of halogens is 1. The van der Waals surface area contributed by atoms with E-state index in [9.17, 15) is 9.59 Å². The predicted octanol–water partition coefficient (Wildman–Crippen LogP) is 3.00. The average molecular weight is 363 g/mol. The van der Waals surface area contributed by atoms with Gasteiger partial charge in [0.05, 0.1) is 6.54 Å². The minimum atomic E-state index is -0.224. The molecule has 0 atom stereocenters. The van der Waals surface area contributed by atoms with Crippen LogP contribution in [0.25, 0.3) is 6.08 Å². The summed E-state index contributed by atoms with van der Waals surface area (Å²) in [5.41, 5.74) is 1.75. The zero-order valence-electron chi connectivity index (χ0n) is 14.8. The fourth-order valence-electron chi connectivity index (χ4n) is 2.52. The van der Waals surface area contributed by atoms with E-state index in [4.69, 9.17) is 16.3 Å². The van der Waals surface area contributed by atoms with E-state index in [-0.39, 0.29) is 18.4 Å². The van der Waals surface area contributed by atoms with E-state index in [1.54, 1.807) is 24.1 Å². The Balaban J connectivity index is 1.99. The molecule has 0 bridgehead atoms. The highest BCUT2D eigenvalue weighted by molar-refractivity contribution is 6.30. The molecule has 1 aromatic carbocycles. The van der Waals surface area contributed by atoms with Gasteiger partial charge in [0.2, 0.25) is 11.8 Å². The van der Waals surface area contributed by atoms with Crippen molar-refractivity contribution < 1.29 is 14.3 Å². The molecule has 0 unspecified atom stereocenters. The maximum Gasteiger partial charge on any atom is 0.246 e. The van der Waals surface area contributed by atoms with Crippen molar-refractivity contribution in [2.45, 2.75) is 13.8 Å². The summed E-state index contributed by atoms with van der Waals surface area (Å²) in [4.78, 5) is 27.4. The van der Waals surface area contributed by atoms with Crippen LogP contribution in [0.3, 0.4) is 0 Å². The van der Waals surface area contributed by atoms with Crippen LogP contribution in [0.15, 0.2) is 35.9 Å². The third-order valence-electron chi connectivity index (χ3n) is 4.01. The van der Waals surface area contributed by atoms with Crippen LogP contribution in [0, 0.1) is 0 Å². The van der Waals surface area contributed by atoms with Gasteiger partial charge in [-0.15, -0.1) is 0 Å². The normalized spacial score (nSPS) is 13.0. The predicted molar refractivity (Wildman–Crippen MR) is 99.6 cm³/mol. The Bertz CT molecular complexity index is 709. The van der Waals surface area contributed by atoms with E-state index >= 15 is 0 Å². The van der Waals surface area contributed by atoms with Crippen molar-refractivity contribution in [3.05, 3.63) is 46.5 Å². The summed E-state index contributed by atoms with van der Waals surface area (Å²) in [6, 6.07) is 5.42. The molecular weight excluding hydrogens is 340 g/mol. The molecule has 0 saturated carbocycles. The summed E-state index contributed by atoms with van der Waals surface area (Å²) in [7, 11) is 1.62. The van der Waals surface area contributed by atoms with Gasteiger partial charge in [0, 0.05) is 36.8 Å². The number of nitrogens with zero attached hydrogens (tertiary/aromatic N) is 2. The number of likely N-dealkylation sites (N-methyl/N-ethyl adjacent to an activating group) is 2. The van der Waals surface area contributed by atoms with Gasteiger partial charge >= 0.3 is 0 Å². The van der Waals surface area contributed by atoms with Crippen molar-refractivity contribution in [3.8, 4) is 5.75 Å². The van der Waals surface area contributed by atoms with Crippen molar-refractivity contribution in [1.82, 2.24) is 9.80 Å². The molecular formula is C19H23ClN2O3. The number of benzene rings is 1. The summed E-state index contributed by atoms with van der Waals surface area (Å²) in [5.74, 6) is 0.492. The maximum absolute atomic E-state index is 12.2. The Hall–Kier alpha value is -2.27. The number of hydrogen-bond donors (Lipinski definition) is 0. The van der Waals surface area contributed by atoms with Gasteiger partial charge in [0.15, 0.2) is 0 Å². The number of amides is 2. The van der Waals surface area contributed by atoms with Gasteiger partial charge in [-0.2, -0.15) is 0 Å². The number of ether oxygens (including phenoxy) is 1. The quantitative estimate of drug-likeness (QED) is 0.731. The SMILES string of the molecule is CCN(CC)C(=O)CN(C)C(=O)C=CC1=Cc2cc(Cl)ccc2OC1. The molecule has 0 saturated heterocycles. The Labute approximate surface area is 153 Å². The van der Waals surface area contributed by atoms with Crippen LogP contribution in [0.4, 0.5) is 0 Å². The Kier molecular flexibility index (Phi) is 6.65. The molecule has 0 N–H and O–H groups in total. The van der Waals surface area contributed by atoms with Crippen LogP contribution in [-0.4, -0.2) is 54.9 Å². The molecule has 1 aliphatic heterocycles. The van der Waals surface area contributed by atoms with E-state index < -0.39 is 0 Å². The second kappa shape index (κ2) is 8.72. The van der Waals surface area contributed by atoms with Crippen LogP contribution in [0.5, 0.6) is 5.75 Å². The van der Waals surface area contributed by atoms with Gasteiger partial charge in [0.1, 0.15) is 12.4 Å². The molecule has 0 radical (unpaired) electrons. The summed E-state index contributed by atoms with van der Waals surface area (Å²) in [6.07, 6.45) is 5.11. The molecule has 0 aromatic heterocycles. The molecule has 6 heteroatoms. The van der Waals surface area contributed by atoms with E-state index in [0.717, 1.165) is 16.9 Å². The fraction of sp³-hybridized carbons (Fsp3) is 0.368. The maximum atomic E-state index is 12.2. The van der Waals surface area contributed by atoms with E-state index in [1.807, 2.05) is 32.1 Å². The van der Waals surface area contributed by atoms with Crippen molar-refractivity contribution in [2.24, 2.45) is 0 Å². The zero-order valence-corrected chi connectivity index (χ0v) is 15.5. The molecule has 0 fully saturated rings. The molecule has 1 heterocycles.